The predicted molar refractivity (Wildman–Crippen MR) is 126 cm³/mol. The van der Waals surface area contributed by atoms with Gasteiger partial charge in [0, 0.05) is 55.3 Å². The molecule has 1 aliphatic heterocycles. The molecule has 0 spiro atoms. The summed E-state index contributed by atoms with van der Waals surface area (Å²) in [5.74, 6) is -0.209. The molecule has 0 radical (unpaired) electrons. The van der Waals surface area contributed by atoms with Crippen molar-refractivity contribution >= 4 is 34.2 Å². The summed E-state index contributed by atoms with van der Waals surface area (Å²) in [6.45, 7) is 1.15. The number of anilines is 2. The molecular weight excluding hydrogens is 448 g/mol. The second-order valence-electron chi connectivity index (χ2n) is 8.09. The van der Waals surface area contributed by atoms with E-state index in [1.165, 1.54) is 6.21 Å². The largest absolute Gasteiger partial charge is 0.418 e. The average molecular weight is 472 g/mol. The van der Waals surface area contributed by atoms with Crippen LogP contribution >= 0.6 is 0 Å². The van der Waals surface area contributed by atoms with Crippen LogP contribution in [0.15, 0.2) is 47.5 Å². The lowest BCUT2D eigenvalue weighted by molar-refractivity contribution is -0.137. The number of aliphatic imine (C=N–C) groups is 1. The maximum Gasteiger partial charge on any atom is 0.418 e. The molecule has 34 heavy (non-hydrogen) atoms. The van der Waals surface area contributed by atoms with Crippen molar-refractivity contribution in [2.75, 3.05) is 30.4 Å². The van der Waals surface area contributed by atoms with Crippen LogP contribution in [0, 0.1) is 11.2 Å². The number of piperidine rings is 1. The molecule has 4 rings (SSSR count). The molecule has 1 fully saturated rings. The fraction of sp³-hybridized carbons (Fsp3) is 0.333. The van der Waals surface area contributed by atoms with Gasteiger partial charge in [0.05, 0.1) is 11.3 Å². The lowest BCUT2D eigenvalue weighted by Crippen LogP contribution is -2.40. The van der Waals surface area contributed by atoms with E-state index in [-0.39, 0.29) is 11.7 Å². The summed E-state index contributed by atoms with van der Waals surface area (Å²) in [5.41, 5.74) is 0.200. The van der Waals surface area contributed by atoms with Crippen molar-refractivity contribution in [1.29, 1.82) is 5.41 Å². The third-order valence-corrected chi connectivity index (χ3v) is 5.95. The van der Waals surface area contributed by atoms with Crippen LogP contribution in [0.2, 0.25) is 0 Å². The molecule has 3 aromatic rings. The van der Waals surface area contributed by atoms with Gasteiger partial charge in [0.1, 0.15) is 11.5 Å². The highest BCUT2D eigenvalue weighted by Gasteiger charge is 2.35. The third-order valence-electron chi connectivity index (χ3n) is 5.95. The van der Waals surface area contributed by atoms with E-state index in [0.717, 1.165) is 22.9 Å². The molecule has 0 bridgehead atoms. The number of nitrogens with one attached hydrogen (secondary N) is 2. The van der Waals surface area contributed by atoms with Gasteiger partial charge in [-0.2, -0.15) is 13.2 Å². The average Bonchev–Trinajstić information content (AvgIpc) is 2.83. The topological polar surface area (TPSA) is 77.3 Å². The van der Waals surface area contributed by atoms with Gasteiger partial charge < -0.3 is 15.6 Å². The molecule has 6 nitrogen and oxygen atoms in total. The molecule has 0 aliphatic carbocycles. The van der Waals surface area contributed by atoms with Crippen molar-refractivity contribution in [1.82, 2.24) is 10.2 Å². The lowest BCUT2D eigenvalue weighted by atomic mass is 10.0. The van der Waals surface area contributed by atoms with Crippen LogP contribution in [0.1, 0.15) is 30.5 Å². The van der Waals surface area contributed by atoms with Crippen LogP contribution in [-0.4, -0.2) is 48.3 Å². The number of benzene rings is 2. The van der Waals surface area contributed by atoms with Crippen LogP contribution in [0.5, 0.6) is 0 Å². The molecule has 0 amide bonds. The van der Waals surface area contributed by atoms with Gasteiger partial charge in [-0.1, -0.05) is 24.3 Å². The van der Waals surface area contributed by atoms with Gasteiger partial charge in [0.25, 0.3) is 0 Å². The number of halogens is 4. The zero-order valence-corrected chi connectivity index (χ0v) is 18.5. The number of hydrogen-bond acceptors (Lipinski definition) is 6. The minimum Gasteiger partial charge on any atom is -0.382 e. The molecule has 1 aliphatic rings. The fourth-order valence-corrected chi connectivity index (χ4v) is 4.26. The summed E-state index contributed by atoms with van der Waals surface area (Å²) < 4.78 is 53.4. The van der Waals surface area contributed by atoms with Crippen molar-refractivity contribution in [3.8, 4) is 0 Å². The van der Waals surface area contributed by atoms with Crippen molar-refractivity contribution in [2.45, 2.75) is 31.5 Å². The highest BCUT2D eigenvalue weighted by atomic mass is 19.4. The summed E-state index contributed by atoms with van der Waals surface area (Å²) in [6.07, 6.45) is -1.84. The van der Waals surface area contributed by atoms with E-state index in [1.54, 1.807) is 7.05 Å². The zero-order chi connectivity index (χ0) is 24.3. The third kappa shape index (κ3) is 4.85. The smallest absolute Gasteiger partial charge is 0.382 e. The maximum absolute atomic E-state index is 13.4. The quantitative estimate of drug-likeness (QED) is 0.376. The first-order chi connectivity index (χ1) is 16.3. The molecule has 2 aromatic carbocycles. The molecule has 1 saturated heterocycles. The Labute approximate surface area is 194 Å². The van der Waals surface area contributed by atoms with Crippen molar-refractivity contribution in [3.63, 3.8) is 0 Å². The Kier molecular flexibility index (Phi) is 6.76. The van der Waals surface area contributed by atoms with Crippen LogP contribution in [0.3, 0.4) is 0 Å². The number of fused-ring (bicyclic) bond motifs is 1. The van der Waals surface area contributed by atoms with E-state index in [2.05, 4.69) is 25.4 Å². The predicted octanol–water partition coefficient (Wildman–Crippen LogP) is 5.33. The van der Waals surface area contributed by atoms with Gasteiger partial charge in [-0.3, -0.25) is 4.99 Å². The highest BCUT2D eigenvalue weighted by Crippen LogP contribution is 2.36. The fourth-order valence-electron chi connectivity index (χ4n) is 4.26. The molecule has 0 atom stereocenters. The number of aromatic nitrogens is 2. The molecule has 1 aromatic heterocycles. The molecule has 0 saturated carbocycles. The van der Waals surface area contributed by atoms with Gasteiger partial charge >= 0.3 is 6.18 Å². The summed E-state index contributed by atoms with van der Waals surface area (Å²) in [4.78, 5) is 6.33. The Morgan fingerprint density at radius 1 is 1.15 bits per heavy atom. The van der Waals surface area contributed by atoms with E-state index in [0.29, 0.717) is 55.6 Å². The van der Waals surface area contributed by atoms with Crippen LogP contribution in [0.4, 0.5) is 29.1 Å². The van der Waals surface area contributed by atoms with Crippen LogP contribution < -0.4 is 10.2 Å². The number of rotatable bonds is 6. The van der Waals surface area contributed by atoms with E-state index in [1.807, 2.05) is 24.3 Å². The van der Waals surface area contributed by atoms with Crippen LogP contribution in [0.25, 0.3) is 10.8 Å². The first-order valence-electron chi connectivity index (χ1n) is 10.9. The van der Waals surface area contributed by atoms with E-state index >= 15 is 0 Å². The normalized spacial score (nSPS) is 15.6. The van der Waals surface area contributed by atoms with Gasteiger partial charge in [-0.15, -0.1) is 10.2 Å². The Hall–Kier alpha value is -3.56. The van der Waals surface area contributed by atoms with Crippen molar-refractivity contribution in [3.05, 3.63) is 59.5 Å². The Morgan fingerprint density at radius 3 is 2.50 bits per heavy atom. The second kappa shape index (κ2) is 9.74. The van der Waals surface area contributed by atoms with Crippen molar-refractivity contribution < 1.29 is 17.6 Å². The molecular formula is C24H24F4N6. The van der Waals surface area contributed by atoms with Crippen LogP contribution in [-0.2, 0) is 6.18 Å². The van der Waals surface area contributed by atoms with Crippen molar-refractivity contribution in [2.24, 2.45) is 4.99 Å². The first kappa shape index (κ1) is 23.6. The maximum atomic E-state index is 13.4. The van der Waals surface area contributed by atoms with E-state index in [9.17, 15) is 17.6 Å². The summed E-state index contributed by atoms with van der Waals surface area (Å²) >= 11 is 0. The molecule has 0 unspecified atom stereocenters. The second-order valence-corrected chi connectivity index (χ2v) is 8.09. The minimum absolute atomic E-state index is 0.112. The summed E-state index contributed by atoms with van der Waals surface area (Å²) in [6, 6.07) is 10.2. The molecule has 178 valence electrons. The van der Waals surface area contributed by atoms with E-state index in [4.69, 9.17) is 5.41 Å². The van der Waals surface area contributed by atoms with E-state index < -0.39 is 17.6 Å². The SMILES string of the molecule is CN=C(CC=N)c1nnc(N2CCC(Nc3ccc(F)cc3C(F)(F)F)CC2)c2ccccc12. The minimum atomic E-state index is -4.64. The first-order valence-corrected chi connectivity index (χ1v) is 10.9. The summed E-state index contributed by atoms with van der Waals surface area (Å²) in [7, 11) is 1.66. The van der Waals surface area contributed by atoms with Gasteiger partial charge in [-0.05, 0) is 31.0 Å². The molecule has 10 heteroatoms. The lowest BCUT2D eigenvalue weighted by Gasteiger charge is -2.34. The number of nitrogens with zero attached hydrogens (tertiary/aromatic N) is 4. The Bertz CT molecular complexity index is 1220. The summed E-state index contributed by atoms with van der Waals surface area (Å²) in [5, 5.41) is 21.0. The standard InChI is InChI=1S/C24H24F4N6/c1-30-21(8-11-29)22-17-4-2-3-5-18(17)23(33-32-22)34-12-9-16(10-13-34)31-20-7-6-15(25)14-19(20)24(26,27)28/h2-7,11,14,16,29,31H,8-10,12-13H2,1H3. The Balaban J connectivity index is 1.54. The zero-order valence-electron chi connectivity index (χ0n) is 18.5. The Morgan fingerprint density at radius 2 is 1.85 bits per heavy atom. The highest BCUT2D eigenvalue weighted by molar-refractivity contribution is 6.14. The molecule has 2 heterocycles. The number of hydrogen-bond donors (Lipinski definition) is 2. The number of alkyl halides is 3. The molecule has 2 N–H and O–H groups in total. The van der Waals surface area contributed by atoms with Gasteiger partial charge in [0.2, 0.25) is 0 Å². The monoisotopic (exact) mass is 472 g/mol. The van der Waals surface area contributed by atoms with Gasteiger partial charge in [-0.25, -0.2) is 4.39 Å². The van der Waals surface area contributed by atoms with Gasteiger partial charge in [0.15, 0.2) is 5.82 Å².